The molecular formula is C14H21BrClN3O3S. The first kappa shape index (κ1) is 20.4. The molecule has 0 unspecified atom stereocenters. The van der Waals surface area contributed by atoms with Crippen LogP contribution in [0.15, 0.2) is 27.6 Å². The normalized spacial score (nSPS) is 16.7. The van der Waals surface area contributed by atoms with Crippen LogP contribution in [0.4, 0.5) is 5.69 Å². The topological polar surface area (TPSA) is 101 Å². The maximum absolute atomic E-state index is 12.6. The lowest BCUT2D eigenvalue weighted by molar-refractivity contribution is -0.114. The molecule has 0 aliphatic heterocycles. The van der Waals surface area contributed by atoms with E-state index < -0.39 is 15.6 Å². The number of carbonyl (C=O) groups excluding carboxylic acids is 1. The summed E-state index contributed by atoms with van der Waals surface area (Å²) in [7, 11) is -3.65. The van der Waals surface area contributed by atoms with Gasteiger partial charge in [-0.3, -0.25) is 4.79 Å². The summed E-state index contributed by atoms with van der Waals surface area (Å²) >= 11 is 3.28. The van der Waals surface area contributed by atoms with Crippen LogP contribution >= 0.6 is 28.3 Å². The Morgan fingerprint density at radius 3 is 2.43 bits per heavy atom. The lowest BCUT2D eigenvalue weighted by Gasteiger charge is -2.28. The van der Waals surface area contributed by atoms with Gasteiger partial charge in [0.1, 0.15) is 0 Å². The van der Waals surface area contributed by atoms with Crippen LogP contribution < -0.4 is 15.8 Å². The molecular weight excluding hydrogens is 406 g/mol. The van der Waals surface area contributed by atoms with Gasteiger partial charge in [-0.2, -0.15) is 0 Å². The van der Waals surface area contributed by atoms with E-state index in [0.717, 1.165) is 25.7 Å². The molecule has 0 saturated heterocycles. The second-order valence-electron chi connectivity index (χ2n) is 5.62. The number of carbonyl (C=O) groups is 1. The predicted molar refractivity (Wildman–Crippen MR) is 96.3 cm³/mol. The highest BCUT2D eigenvalue weighted by atomic mass is 79.9. The Labute approximate surface area is 151 Å². The lowest BCUT2D eigenvalue weighted by atomic mass is 10.0. The highest BCUT2D eigenvalue weighted by molar-refractivity contribution is 9.10. The number of sulfonamides is 1. The summed E-state index contributed by atoms with van der Waals surface area (Å²) in [6.07, 6.45) is 3.47. The molecule has 0 bridgehead atoms. The van der Waals surface area contributed by atoms with Crippen LogP contribution in [0.25, 0.3) is 0 Å². The summed E-state index contributed by atoms with van der Waals surface area (Å²) in [6.45, 7) is 1.68. The quantitative estimate of drug-likeness (QED) is 0.673. The molecule has 130 valence electrons. The zero-order valence-electron chi connectivity index (χ0n) is 12.8. The van der Waals surface area contributed by atoms with Gasteiger partial charge in [-0.15, -0.1) is 12.4 Å². The van der Waals surface area contributed by atoms with E-state index >= 15 is 0 Å². The van der Waals surface area contributed by atoms with Gasteiger partial charge in [-0.05, 0) is 47.0 Å². The van der Waals surface area contributed by atoms with Crippen LogP contribution in [0, 0.1) is 0 Å². The number of nitrogens with two attached hydrogens (primary N) is 1. The molecule has 9 heteroatoms. The largest absolute Gasteiger partial charge is 0.329 e. The fraction of sp³-hybridized carbons (Fsp3) is 0.500. The van der Waals surface area contributed by atoms with Crippen LogP contribution in [0.5, 0.6) is 0 Å². The Kier molecular flexibility index (Phi) is 7.03. The van der Waals surface area contributed by atoms with Gasteiger partial charge in [0, 0.05) is 23.5 Å². The molecule has 0 aromatic heterocycles. The maximum Gasteiger partial charge on any atom is 0.241 e. The van der Waals surface area contributed by atoms with Crippen molar-refractivity contribution in [3.05, 3.63) is 22.7 Å². The van der Waals surface area contributed by atoms with Gasteiger partial charge in [-0.1, -0.05) is 12.8 Å². The summed E-state index contributed by atoms with van der Waals surface area (Å²) in [5.41, 5.74) is 5.77. The lowest BCUT2D eigenvalue weighted by Crippen LogP contribution is -2.51. The monoisotopic (exact) mass is 425 g/mol. The molecule has 4 N–H and O–H groups in total. The van der Waals surface area contributed by atoms with Crippen molar-refractivity contribution in [3.8, 4) is 0 Å². The van der Waals surface area contributed by atoms with Crippen LogP contribution in [0.1, 0.15) is 32.6 Å². The Balaban J connectivity index is 0.00000264. The van der Waals surface area contributed by atoms with Crippen molar-refractivity contribution in [2.24, 2.45) is 5.73 Å². The van der Waals surface area contributed by atoms with Crippen LogP contribution in [-0.4, -0.2) is 26.4 Å². The Bertz CT molecular complexity index is 676. The molecule has 2 rings (SSSR count). The van der Waals surface area contributed by atoms with E-state index in [9.17, 15) is 13.2 Å². The summed E-state index contributed by atoms with van der Waals surface area (Å²) < 4.78 is 28.4. The van der Waals surface area contributed by atoms with E-state index in [4.69, 9.17) is 5.73 Å². The molecule has 0 spiro atoms. The van der Waals surface area contributed by atoms with E-state index in [-0.39, 0.29) is 29.8 Å². The number of amides is 1. The molecule has 1 amide bonds. The highest BCUT2D eigenvalue weighted by Gasteiger charge is 2.36. The van der Waals surface area contributed by atoms with Crippen molar-refractivity contribution < 1.29 is 13.2 Å². The maximum atomic E-state index is 12.6. The molecule has 1 aliphatic rings. The van der Waals surface area contributed by atoms with Crippen molar-refractivity contribution in [2.75, 3.05) is 11.9 Å². The smallest absolute Gasteiger partial charge is 0.241 e. The standard InChI is InChI=1S/C14H20BrN3O3S.ClH/c1-10(19)17-13-5-4-11(8-12(13)15)22(20,21)18-14(9-16)6-2-3-7-14;/h4-5,8,18H,2-3,6-7,9,16H2,1H3,(H,17,19);1H. The molecule has 1 aromatic rings. The predicted octanol–water partition coefficient (Wildman–Crippen LogP) is 2.38. The minimum atomic E-state index is -3.65. The van der Waals surface area contributed by atoms with Crippen molar-refractivity contribution in [2.45, 2.75) is 43.0 Å². The summed E-state index contributed by atoms with van der Waals surface area (Å²) in [5, 5.41) is 2.62. The van der Waals surface area contributed by atoms with E-state index in [1.54, 1.807) is 6.07 Å². The Morgan fingerprint density at radius 1 is 1.35 bits per heavy atom. The second-order valence-corrected chi connectivity index (χ2v) is 8.16. The van der Waals surface area contributed by atoms with Crippen LogP contribution in [0.3, 0.4) is 0 Å². The summed E-state index contributed by atoms with van der Waals surface area (Å²) in [6, 6.07) is 4.51. The SMILES string of the molecule is CC(=O)Nc1ccc(S(=O)(=O)NC2(CN)CCCC2)cc1Br.Cl. The average Bonchev–Trinajstić information content (AvgIpc) is 2.89. The first-order valence-corrected chi connectivity index (χ1v) is 9.37. The first-order valence-electron chi connectivity index (χ1n) is 7.09. The molecule has 0 atom stereocenters. The Hall–Kier alpha value is -0.670. The number of nitrogens with one attached hydrogen (secondary N) is 2. The van der Waals surface area contributed by atoms with Gasteiger partial charge in [0.2, 0.25) is 15.9 Å². The van der Waals surface area contributed by atoms with Crippen LogP contribution in [0.2, 0.25) is 0 Å². The molecule has 1 aromatic carbocycles. The van der Waals surface area contributed by atoms with Gasteiger partial charge in [0.05, 0.1) is 10.6 Å². The number of rotatable bonds is 5. The third-order valence-electron chi connectivity index (χ3n) is 3.86. The third-order valence-corrected chi connectivity index (χ3v) is 6.10. The van der Waals surface area contributed by atoms with Gasteiger partial charge in [-0.25, -0.2) is 13.1 Å². The zero-order valence-corrected chi connectivity index (χ0v) is 16.0. The number of hydrogen-bond donors (Lipinski definition) is 3. The van der Waals surface area contributed by atoms with E-state index in [2.05, 4.69) is 26.0 Å². The van der Waals surface area contributed by atoms with Gasteiger partial charge < -0.3 is 11.1 Å². The fourth-order valence-corrected chi connectivity index (χ4v) is 4.82. The molecule has 23 heavy (non-hydrogen) atoms. The zero-order chi connectivity index (χ0) is 16.4. The van der Waals surface area contributed by atoms with Gasteiger partial charge in [0.25, 0.3) is 0 Å². The van der Waals surface area contributed by atoms with E-state index in [0.29, 0.717) is 10.2 Å². The second kappa shape index (κ2) is 7.94. The summed E-state index contributed by atoms with van der Waals surface area (Å²) in [5.74, 6) is -0.220. The molecule has 0 heterocycles. The van der Waals surface area contributed by atoms with Crippen molar-refractivity contribution in [1.29, 1.82) is 0 Å². The van der Waals surface area contributed by atoms with Crippen molar-refractivity contribution in [1.82, 2.24) is 4.72 Å². The third kappa shape index (κ3) is 4.90. The Morgan fingerprint density at radius 2 is 1.96 bits per heavy atom. The number of halogens is 2. The number of anilines is 1. The average molecular weight is 427 g/mol. The van der Waals surface area contributed by atoms with E-state index in [1.807, 2.05) is 0 Å². The minimum absolute atomic E-state index is 0. The number of benzene rings is 1. The highest BCUT2D eigenvalue weighted by Crippen LogP contribution is 2.31. The van der Waals surface area contributed by atoms with Gasteiger partial charge in [0.15, 0.2) is 0 Å². The first-order chi connectivity index (χ1) is 10.3. The molecule has 6 nitrogen and oxygen atoms in total. The molecule has 1 saturated carbocycles. The van der Waals surface area contributed by atoms with Crippen LogP contribution in [-0.2, 0) is 14.8 Å². The van der Waals surface area contributed by atoms with E-state index in [1.165, 1.54) is 19.1 Å². The molecule has 0 radical (unpaired) electrons. The van der Waals surface area contributed by atoms with Crippen molar-refractivity contribution >= 4 is 50.0 Å². The molecule has 1 fully saturated rings. The van der Waals surface area contributed by atoms with Crippen molar-refractivity contribution in [3.63, 3.8) is 0 Å². The number of hydrogen-bond acceptors (Lipinski definition) is 4. The molecule has 1 aliphatic carbocycles. The van der Waals surface area contributed by atoms with Gasteiger partial charge >= 0.3 is 0 Å². The summed E-state index contributed by atoms with van der Waals surface area (Å²) in [4.78, 5) is 11.2. The minimum Gasteiger partial charge on any atom is -0.329 e. The fourth-order valence-electron chi connectivity index (χ4n) is 2.70.